The molecule has 2 aliphatic rings. The minimum atomic E-state index is -3.25. The van der Waals surface area contributed by atoms with Crippen molar-refractivity contribution in [3.05, 3.63) is 69.7 Å². The summed E-state index contributed by atoms with van der Waals surface area (Å²) in [6, 6.07) is 15.0. The molecule has 2 aliphatic heterocycles. The van der Waals surface area contributed by atoms with Gasteiger partial charge in [0.15, 0.2) is 0 Å². The Bertz CT molecular complexity index is 1070. The van der Waals surface area contributed by atoms with Gasteiger partial charge in [0.1, 0.15) is 0 Å². The van der Waals surface area contributed by atoms with Crippen LogP contribution in [0, 0.1) is 0 Å². The summed E-state index contributed by atoms with van der Waals surface area (Å²) in [6.45, 7) is 2.86. The summed E-state index contributed by atoms with van der Waals surface area (Å²) in [4.78, 5) is 15.3. The van der Waals surface area contributed by atoms with Crippen LogP contribution >= 0.6 is 23.2 Å². The number of benzene rings is 2. The molecule has 0 N–H and O–H groups in total. The fourth-order valence-corrected chi connectivity index (χ4v) is 6.91. The molecule has 1 unspecified atom stereocenters. The van der Waals surface area contributed by atoms with Crippen molar-refractivity contribution in [2.24, 2.45) is 0 Å². The van der Waals surface area contributed by atoms with Crippen LogP contribution in [0.15, 0.2) is 48.5 Å². The maximum absolute atomic E-state index is 13.3. The molecule has 172 valence electrons. The monoisotopic (exact) mass is 494 g/mol. The molecule has 0 aromatic heterocycles. The van der Waals surface area contributed by atoms with Gasteiger partial charge in [0.05, 0.1) is 11.8 Å². The van der Waals surface area contributed by atoms with Gasteiger partial charge in [0.2, 0.25) is 15.9 Å². The van der Waals surface area contributed by atoms with Gasteiger partial charge in [-0.25, -0.2) is 8.42 Å². The van der Waals surface area contributed by atoms with Crippen molar-refractivity contribution in [1.82, 2.24) is 9.21 Å². The molecule has 32 heavy (non-hydrogen) atoms. The highest BCUT2D eigenvalue weighted by Crippen LogP contribution is 2.45. The second-order valence-electron chi connectivity index (χ2n) is 8.59. The molecule has 0 saturated carbocycles. The highest BCUT2D eigenvalue weighted by molar-refractivity contribution is 7.89. The normalized spacial score (nSPS) is 24.6. The largest absolute Gasteiger partial charge is 0.331 e. The predicted molar refractivity (Wildman–Crippen MR) is 129 cm³/mol. The molecule has 2 heterocycles. The molecule has 0 radical (unpaired) electrons. The first-order valence-corrected chi connectivity index (χ1v) is 13.5. The van der Waals surface area contributed by atoms with Crippen LogP contribution in [0.1, 0.15) is 55.7 Å². The molecule has 0 bridgehead atoms. The molecule has 1 amide bonds. The number of carbonyl (C=O) groups is 1. The molecule has 2 aromatic carbocycles. The molecule has 2 aromatic rings. The zero-order valence-electron chi connectivity index (χ0n) is 18.1. The zero-order valence-corrected chi connectivity index (χ0v) is 20.4. The predicted octanol–water partition coefficient (Wildman–Crippen LogP) is 5.25. The average molecular weight is 495 g/mol. The third-order valence-electron chi connectivity index (χ3n) is 6.61. The minimum Gasteiger partial charge on any atom is -0.331 e. The van der Waals surface area contributed by atoms with Crippen molar-refractivity contribution in [3.8, 4) is 0 Å². The van der Waals surface area contributed by atoms with Crippen LogP contribution in [-0.2, 0) is 14.8 Å². The minimum absolute atomic E-state index is 0.0526. The van der Waals surface area contributed by atoms with Gasteiger partial charge < -0.3 is 4.90 Å². The Morgan fingerprint density at radius 1 is 1.06 bits per heavy atom. The zero-order chi connectivity index (χ0) is 22.9. The van der Waals surface area contributed by atoms with Crippen molar-refractivity contribution >= 4 is 39.1 Å². The quantitative estimate of drug-likeness (QED) is 0.550. The number of carbonyl (C=O) groups excluding carboxylic acids is 1. The number of sulfonamides is 1. The summed E-state index contributed by atoms with van der Waals surface area (Å²) >= 11 is 12.5. The van der Waals surface area contributed by atoms with Gasteiger partial charge in [-0.2, -0.15) is 4.31 Å². The molecule has 2 fully saturated rings. The Labute approximate surface area is 200 Å². The molecular weight excluding hydrogens is 467 g/mol. The van der Waals surface area contributed by atoms with Crippen LogP contribution in [-0.4, -0.2) is 48.4 Å². The molecule has 0 aliphatic carbocycles. The molecule has 5 nitrogen and oxygen atoms in total. The Morgan fingerprint density at radius 3 is 2.44 bits per heavy atom. The van der Waals surface area contributed by atoms with Gasteiger partial charge in [-0.3, -0.25) is 4.79 Å². The lowest BCUT2D eigenvalue weighted by Gasteiger charge is -2.46. The molecule has 3 atom stereocenters. The maximum atomic E-state index is 13.3. The van der Waals surface area contributed by atoms with Gasteiger partial charge in [-0.1, -0.05) is 54.4 Å². The SMILES string of the molecule is CCC(CN1CCCS1(=O)=O)N1C(=O)CC[C@H](c2cccc(Cl)c2)[C@H]1c1ccc(Cl)cc1. The first kappa shape index (κ1) is 23.6. The van der Waals surface area contributed by atoms with Crippen LogP contribution in [0.3, 0.4) is 0 Å². The molecule has 2 saturated heterocycles. The number of amides is 1. The number of rotatable bonds is 6. The smallest absolute Gasteiger partial charge is 0.223 e. The highest BCUT2D eigenvalue weighted by atomic mass is 35.5. The van der Waals surface area contributed by atoms with E-state index < -0.39 is 10.0 Å². The van der Waals surface area contributed by atoms with E-state index in [1.54, 1.807) is 4.31 Å². The number of halogens is 2. The van der Waals surface area contributed by atoms with E-state index in [0.717, 1.165) is 11.1 Å². The van der Waals surface area contributed by atoms with Crippen molar-refractivity contribution in [2.75, 3.05) is 18.8 Å². The summed E-state index contributed by atoms with van der Waals surface area (Å²) in [5, 5.41) is 1.30. The number of likely N-dealkylation sites (tertiary alicyclic amines) is 1. The molecule has 4 rings (SSSR count). The van der Waals surface area contributed by atoms with Gasteiger partial charge in [0.25, 0.3) is 0 Å². The summed E-state index contributed by atoms with van der Waals surface area (Å²) < 4.78 is 26.5. The Balaban J connectivity index is 1.76. The third-order valence-corrected chi connectivity index (χ3v) is 9.02. The fraction of sp³-hybridized carbons (Fsp3) is 0.458. The average Bonchev–Trinajstić information content (AvgIpc) is 3.10. The molecule has 0 spiro atoms. The maximum Gasteiger partial charge on any atom is 0.223 e. The topological polar surface area (TPSA) is 57.7 Å². The van der Waals surface area contributed by atoms with Gasteiger partial charge in [-0.15, -0.1) is 0 Å². The second-order valence-corrected chi connectivity index (χ2v) is 11.5. The lowest BCUT2D eigenvalue weighted by Crippen LogP contribution is -2.52. The lowest BCUT2D eigenvalue weighted by atomic mass is 9.79. The Kier molecular flexibility index (Phi) is 7.15. The first-order valence-electron chi connectivity index (χ1n) is 11.1. The van der Waals surface area contributed by atoms with Gasteiger partial charge in [-0.05, 0) is 54.7 Å². The summed E-state index contributed by atoms with van der Waals surface area (Å²) in [7, 11) is -3.25. The van der Waals surface area contributed by atoms with E-state index >= 15 is 0 Å². The van der Waals surface area contributed by atoms with E-state index in [1.165, 1.54) is 0 Å². The van der Waals surface area contributed by atoms with Gasteiger partial charge in [0, 0.05) is 41.5 Å². The van der Waals surface area contributed by atoms with Crippen LogP contribution in [0.5, 0.6) is 0 Å². The Hall–Kier alpha value is -1.60. The van der Waals surface area contributed by atoms with Gasteiger partial charge >= 0.3 is 0 Å². The molecular formula is C24H28Cl2N2O3S. The van der Waals surface area contributed by atoms with Crippen LogP contribution in [0.25, 0.3) is 0 Å². The van der Waals surface area contributed by atoms with E-state index in [-0.39, 0.29) is 29.7 Å². The van der Waals surface area contributed by atoms with Crippen molar-refractivity contribution in [2.45, 2.75) is 50.6 Å². The van der Waals surface area contributed by atoms with E-state index in [9.17, 15) is 13.2 Å². The summed E-state index contributed by atoms with van der Waals surface area (Å²) in [5.74, 6) is 0.298. The third kappa shape index (κ3) is 4.84. The Morgan fingerprint density at radius 2 is 1.81 bits per heavy atom. The summed E-state index contributed by atoms with van der Waals surface area (Å²) in [6.07, 6.45) is 2.44. The number of piperidine rings is 1. The van der Waals surface area contributed by atoms with Crippen molar-refractivity contribution in [3.63, 3.8) is 0 Å². The van der Waals surface area contributed by atoms with E-state index in [2.05, 4.69) is 6.07 Å². The van der Waals surface area contributed by atoms with E-state index in [1.807, 2.05) is 54.3 Å². The number of hydrogen-bond acceptors (Lipinski definition) is 3. The van der Waals surface area contributed by atoms with Crippen molar-refractivity contribution < 1.29 is 13.2 Å². The molecule has 8 heteroatoms. The standard InChI is InChI=1S/C24H28Cl2N2O3S/c1-2-21(16-27-13-4-14-32(27,30)31)28-23(29)12-11-22(18-5-3-6-20(26)15-18)24(28)17-7-9-19(25)10-8-17/h3,5-10,15,21-22,24H,2,4,11-14,16H2,1H3/t21?,22-,24-/m1/s1. The van der Waals surface area contributed by atoms with E-state index in [4.69, 9.17) is 23.2 Å². The number of hydrogen-bond donors (Lipinski definition) is 0. The first-order chi connectivity index (χ1) is 15.3. The highest BCUT2D eigenvalue weighted by Gasteiger charge is 2.42. The van der Waals surface area contributed by atoms with Crippen LogP contribution in [0.2, 0.25) is 10.0 Å². The summed E-state index contributed by atoms with van der Waals surface area (Å²) in [5.41, 5.74) is 2.08. The van der Waals surface area contributed by atoms with E-state index in [0.29, 0.717) is 48.8 Å². The lowest BCUT2D eigenvalue weighted by molar-refractivity contribution is -0.141. The number of nitrogens with zero attached hydrogens (tertiary/aromatic N) is 2. The van der Waals surface area contributed by atoms with Crippen LogP contribution in [0.4, 0.5) is 0 Å². The fourth-order valence-electron chi connectivity index (χ4n) is 5.03. The van der Waals surface area contributed by atoms with Crippen LogP contribution < -0.4 is 0 Å². The second kappa shape index (κ2) is 9.72. The van der Waals surface area contributed by atoms with Crippen molar-refractivity contribution in [1.29, 1.82) is 0 Å².